The number of nitrogens with zero attached hydrogens (tertiary/aromatic N) is 1. The number of H-pyrrole nitrogens is 1. The lowest BCUT2D eigenvalue weighted by molar-refractivity contribution is -0.121. The predicted molar refractivity (Wildman–Crippen MR) is 95.4 cm³/mol. The first-order valence-electron chi connectivity index (χ1n) is 9.10. The number of carbonyl (C=O) groups excluding carboxylic acids is 1. The molecule has 4 rings (SSSR count). The largest absolute Gasteiger partial charge is 0.355 e. The molecule has 0 unspecified atom stereocenters. The summed E-state index contributed by atoms with van der Waals surface area (Å²) in [6.07, 6.45) is 6.37. The van der Waals surface area contributed by atoms with Crippen LogP contribution in [-0.4, -0.2) is 22.0 Å². The van der Waals surface area contributed by atoms with Gasteiger partial charge in [-0.15, -0.1) is 0 Å². The van der Waals surface area contributed by atoms with E-state index in [4.69, 9.17) is 0 Å². The van der Waals surface area contributed by atoms with E-state index in [1.54, 1.807) is 24.3 Å². The number of aromatic nitrogens is 2. The van der Waals surface area contributed by atoms with Gasteiger partial charge >= 0.3 is 5.69 Å². The van der Waals surface area contributed by atoms with Crippen LogP contribution in [0.15, 0.2) is 33.9 Å². The second kappa shape index (κ2) is 6.50. The third-order valence-electron chi connectivity index (χ3n) is 5.91. The normalized spacial score (nSPS) is 24.7. The summed E-state index contributed by atoms with van der Waals surface area (Å²) in [5.74, 6) is 2.19. The number of aromatic amines is 1. The molecule has 3 atom stereocenters. The van der Waals surface area contributed by atoms with Gasteiger partial charge in [0, 0.05) is 6.54 Å². The molecule has 0 radical (unpaired) electrons. The first kappa shape index (κ1) is 16.1. The first-order valence-corrected chi connectivity index (χ1v) is 9.10. The van der Waals surface area contributed by atoms with Crippen LogP contribution in [-0.2, 0) is 11.3 Å². The number of hydrogen-bond acceptors (Lipinski definition) is 3. The molecule has 2 aliphatic carbocycles. The Kier molecular flexibility index (Phi) is 4.19. The van der Waals surface area contributed by atoms with Crippen molar-refractivity contribution in [2.45, 2.75) is 38.6 Å². The molecule has 25 heavy (non-hydrogen) atoms. The molecule has 0 spiro atoms. The standard InChI is InChI=1S/C19H23N3O3/c23-17(20-8-7-14-10-12-5-6-13(14)9-12)11-22-18(24)15-3-1-2-4-16(15)21-19(22)25/h1-4,12-14H,5-11H2,(H,20,23)(H,21,25)/t12-,13-,14-/m0/s1. The van der Waals surface area contributed by atoms with E-state index in [9.17, 15) is 14.4 Å². The van der Waals surface area contributed by atoms with Gasteiger partial charge in [-0.3, -0.25) is 14.2 Å². The molecule has 2 aliphatic rings. The van der Waals surface area contributed by atoms with Crippen molar-refractivity contribution in [3.8, 4) is 0 Å². The summed E-state index contributed by atoms with van der Waals surface area (Å²) < 4.78 is 0.967. The fourth-order valence-corrected chi connectivity index (χ4v) is 4.67. The van der Waals surface area contributed by atoms with Crippen molar-refractivity contribution in [2.24, 2.45) is 17.8 Å². The van der Waals surface area contributed by atoms with E-state index in [-0.39, 0.29) is 12.5 Å². The second-order valence-electron chi connectivity index (χ2n) is 7.44. The minimum Gasteiger partial charge on any atom is -0.355 e. The van der Waals surface area contributed by atoms with Crippen LogP contribution in [0.5, 0.6) is 0 Å². The molecule has 132 valence electrons. The number of amides is 1. The highest BCUT2D eigenvalue weighted by atomic mass is 16.2. The Balaban J connectivity index is 1.38. The SMILES string of the molecule is O=C(Cn1c(=O)[nH]c2ccccc2c1=O)NCC[C@H]1C[C@H]2CC[C@H]1C2. The van der Waals surface area contributed by atoms with Crippen molar-refractivity contribution in [2.75, 3.05) is 6.54 Å². The summed E-state index contributed by atoms with van der Waals surface area (Å²) in [4.78, 5) is 39.3. The third-order valence-corrected chi connectivity index (χ3v) is 5.91. The Morgan fingerprint density at radius 1 is 1.20 bits per heavy atom. The van der Waals surface area contributed by atoms with Gasteiger partial charge in [0.2, 0.25) is 5.91 Å². The fourth-order valence-electron chi connectivity index (χ4n) is 4.67. The summed E-state index contributed by atoms with van der Waals surface area (Å²) in [6, 6.07) is 6.82. The number of benzene rings is 1. The van der Waals surface area contributed by atoms with Gasteiger partial charge in [-0.05, 0) is 55.6 Å². The molecule has 2 aromatic rings. The Morgan fingerprint density at radius 3 is 2.80 bits per heavy atom. The van der Waals surface area contributed by atoms with Gasteiger partial charge in [0.05, 0.1) is 10.9 Å². The van der Waals surface area contributed by atoms with Crippen LogP contribution in [0.1, 0.15) is 32.1 Å². The van der Waals surface area contributed by atoms with E-state index in [1.165, 1.54) is 25.7 Å². The summed E-state index contributed by atoms with van der Waals surface area (Å²) >= 11 is 0. The molecule has 1 amide bonds. The third kappa shape index (κ3) is 3.13. The number of carbonyl (C=O) groups is 1. The van der Waals surface area contributed by atoms with Crippen LogP contribution < -0.4 is 16.6 Å². The lowest BCUT2D eigenvalue weighted by Gasteiger charge is -2.21. The molecule has 2 fully saturated rings. The zero-order valence-electron chi connectivity index (χ0n) is 14.2. The van der Waals surface area contributed by atoms with Crippen molar-refractivity contribution in [3.05, 3.63) is 45.1 Å². The average Bonchev–Trinajstić information content (AvgIpc) is 3.22. The number of hydrogen-bond donors (Lipinski definition) is 2. The summed E-state index contributed by atoms with van der Waals surface area (Å²) in [5.41, 5.74) is -0.486. The predicted octanol–water partition coefficient (Wildman–Crippen LogP) is 1.63. The molecule has 1 aromatic carbocycles. The smallest absolute Gasteiger partial charge is 0.329 e. The summed E-state index contributed by atoms with van der Waals surface area (Å²) in [7, 11) is 0. The van der Waals surface area contributed by atoms with Crippen LogP contribution in [0.2, 0.25) is 0 Å². The van der Waals surface area contributed by atoms with Crippen LogP contribution in [0.25, 0.3) is 10.9 Å². The van der Waals surface area contributed by atoms with Crippen LogP contribution >= 0.6 is 0 Å². The van der Waals surface area contributed by atoms with Gasteiger partial charge in [0.15, 0.2) is 0 Å². The molecular formula is C19H23N3O3. The van der Waals surface area contributed by atoms with E-state index in [2.05, 4.69) is 10.3 Å². The van der Waals surface area contributed by atoms with E-state index < -0.39 is 11.2 Å². The highest BCUT2D eigenvalue weighted by Crippen LogP contribution is 2.49. The first-order chi connectivity index (χ1) is 12.1. The minimum absolute atomic E-state index is 0.240. The monoisotopic (exact) mass is 341 g/mol. The zero-order chi connectivity index (χ0) is 17.4. The van der Waals surface area contributed by atoms with Gasteiger partial charge in [0.25, 0.3) is 5.56 Å². The summed E-state index contributed by atoms with van der Waals surface area (Å²) in [6.45, 7) is 0.378. The van der Waals surface area contributed by atoms with Gasteiger partial charge in [0.1, 0.15) is 6.54 Å². The minimum atomic E-state index is -0.549. The molecule has 6 heteroatoms. The molecule has 2 N–H and O–H groups in total. The Labute approximate surface area is 145 Å². The Morgan fingerprint density at radius 2 is 2.04 bits per heavy atom. The van der Waals surface area contributed by atoms with Crippen molar-refractivity contribution >= 4 is 16.8 Å². The Bertz CT molecular complexity index is 914. The molecule has 0 aliphatic heterocycles. The molecular weight excluding hydrogens is 318 g/mol. The van der Waals surface area contributed by atoms with Crippen molar-refractivity contribution in [1.82, 2.24) is 14.9 Å². The lowest BCUT2D eigenvalue weighted by Crippen LogP contribution is -2.41. The van der Waals surface area contributed by atoms with Crippen molar-refractivity contribution in [3.63, 3.8) is 0 Å². The number of fused-ring (bicyclic) bond motifs is 3. The van der Waals surface area contributed by atoms with Gasteiger partial charge in [-0.2, -0.15) is 0 Å². The maximum atomic E-state index is 12.4. The van der Waals surface area contributed by atoms with Gasteiger partial charge < -0.3 is 10.3 Å². The summed E-state index contributed by atoms with van der Waals surface area (Å²) in [5, 5.41) is 3.28. The highest BCUT2D eigenvalue weighted by Gasteiger charge is 2.38. The number of rotatable bonds is 5. The van der Waals surface area contributed by atoms with Gasteiger partial charge in [-0.1, -0.05) is 18.6 Å². The van der Waals surface area contributed by atoms with Crippen molar-refractivity contribution < 1.29 is 4.79 Å². The van der Waals surface area contributed by atoms with Gasteiger partial charge in [-0.25, -0.2) is 4.79 Å². The second-order valence-corrected chi connectivity index (χ2v) is 7.44. The van der Waals surface area contributed by atoms with E-state index in [1.807, 2.05) is 0 Å². The topological polar surface area (TPSA) is 84.0 Å². The number of para-hydroxylation sites is 1. The van der Waals surface area contributed by atoms with E-state index >= 15 is 0 Å². The van der Waals surface area contributed by atoms with Crippen molar-refractivity contribution in [1.29, 1.82) is 0 Å². The molecule has 2 saturated carbocycles. The zero-order valence-corrected chi connectivity index (χ0v) is 14.2. The van der Waals surface area contributed by atoms with E-state index in [0.717, 1.165) is 28.7 Å². The quantitative estimate of drug-likeness (QED) is 0.867. The van der Waals surface area contributed by atoms with Crippen LogP contribution in [0, 0.1) is 17.8 Å². The lowest BCUT2D eigenvalue weighted by atomic mass is 9.86. The van der Waals surface area contributed by atoms with Crippen LogP contribution in [0.4, 0.5) is 0 Å². The van der Waals surface area contributed by atoms with E-state index in [0.29, 0.717) is 17.4 Å². The molecule has 0 saturated heterocycles. The molecule has 1 heterocycles. The average molecular weight is 341 g/mol. The Hall–Kier alpha value is -2.37. The van der Waals surface area contributed by atoms with Crippen LogP contribution in [0.3, 0.4) is 0 Å². The maximum Gasteiger partial charge on any atom is 0.329 e. The fraction of sp³-hybridized carbons (Fsp3) is 0.526. The maximum absolute atomic E-state index is 12.4. The molecule has 6 nitrogen and oxygen atoms in total. The molecule has 2 bridgehead atoms. The molecule has 1 aromatic heterocycles. The number of nitrogens with one attached hydrogen (secondary N) is 2. The highest BCUT2D eigenvalue weighted by molar-refractivity contribution is 5.78.